The first kappa shape index (κ1) is 13.7. The smallest absolute Gasteiger partial charge is 0.323 e. The van der Waals surface area contributed by atoms with Gasteiger partial charge in [-0.25, -0.2) is 4.79 Å². The zero-order valence-corrected chi connectivity index (χ0v) is 11.6. The standard InChI is InChI=1S/C15H13N3O4/c1-7-9(3-5-12(19)13(7)20)14(21)16-8-2-4-10-11(6-8)18-15(22)17-10/h2-6,19-20H,1H3,(H,16,21)(H2,17,18,22). The number of fused-ring (bicyclic) bond motifs is 1. The predicted octanol–water partition coefficient (Wildman–Crippen LogP) is 1.83. The molecule has 1 amide bonds. The van der Waals surface area contributed by atoms with Crippen molar-refractivity contribution in [2.24, 2.45) is 0 Å². The van der Waals surface area contributed by atoms with Crippen LogP contribution in [0.5, 0.6) is 11.5 Å². The number of rotatable bonds is 2. The SMILES string of the molecule is Cc1c(C(=O)Nc2ccc3[nH]c(=O)[nH]c3c2)ccc(O)c1O. The summed E-state index contributed by atoms with van der Waals surface area (Å²) >= 11 is 0. The average Bonchev–Trinajstić information content (AvgIpc) is 2.84. The van der Waals surface area contributed by atoms with Gasteiger partial charge < -0.3 is 25.5 Å². The molecule has 0 radical (unpaired) electrons. The van der Waals surface area contributed by atoms with E-state index in [-0.39, 0.29) is 28.3 Å². The lowest BCUT2D eigenvalue weighted by molar-refractivity contribution is 0.102. The Morgan fingerprint density at radius 3 is 2.59 bits per heavy atom. The third kappa shape index (κ3) is 2.28. The first-order valence-corrected chi connectivity index (χ1v) is 6.50. The number of benzene rings is 2. The fourth-order valence-electron chi connectivity index (χ4n) is 2.24. The summed E-state index contributed by atoms with van der Waals surface area (Å²) in [5, 5.41) is 21.7. The molecule has 0 saturated heterocycles. The van der Waals surface area contributed by atoms with Crippen LogP contribution in [-0.4, -0.2) is 26.1 Å². The summed E-state index contributed by atoms with van der Waals surface area (Å²) in [5.74, 6) is -1.02. The van der Waals surface area contributed by atoms with Gasteiger partial charge in [-0.1, -0.05) is 0 Å². The summed E-state index contributed by atoms with van der Waals surface area (Å²) in [6.07, 6.45) is 0. The fraction of sp³-hybridized carbons (Fsp3) is 0.0667. The number of aromatic hydroxyl groups is 2. The van der Waals surface area contributed by atoms with Crippen molar-refractivity contribution < 1.29 is 15.0 Å². The second-order valence-corrected chi connectivity index (χ2v) is 4.90. The van der Waals surface area contributed by atoms with Gasteiger partial charge in [0, 0.05) is 16.8 Å². The van der Waals surface area contributed by atoms with Crippen LogP contribution in [0.3, 0.4) is 0 Å². The monoisotopic (exact) mass is 299 g/mol. The highest BCUT2D eigenvalue weighted by Crippen LogP contribution is 2.30. The van der Waals surface area contributed by atoms with Crippen molar-refractivity contribution in [3.8, 4) is 11.5 Å². The maximum Gasteiger partial charge on any atom is 0.323 e. The van der Waals surface area contributed by atoms with Gasteiger partial charge in [0.05, 0.1) is 11.0 Å². The van der Waals surface area contributed by atoms with E-state index in [2.05, 4.69) is 15.3 Å². The third-order valence-corrected chi connectivity index (χ3v) is 3.43. The van der Waals surface area contributed by atoms with E-state index in [0.717, 1.165) is 0 Å². The molecule has 1 aromatic heterocycles. The molecule has 3 rings (SSSR count). The summed E-state index contributed by atoms with van der Waals surface area (Å²) < 4.78 is 0. The van der Waals surface area contributed by atoms with Crippen LogP contribution in [-0.2, 0) is 0 Å². The Bertz CT molecular complexity index is 940. The normalized spacial score (nSPS) is 10.8. The Morgan fingerprint density at radius 2 is 1.82 bits per heavy atom. The molecule has 0 aliphatic heterocycles. The Morgan fingerprint density at radius 1 is 1.09 bits per heavy atom. The van der Waals surface area contributed by atoms with Crippen LogP contribution in [0.1, 0.15) is 15.9 Å². The van der Waals surface area contributed by atoms with Gasteiger partial charge in [-0.3, -0.25) is 4.79 Å². The minimum atomic E-state index is -0.426. The van der Waals surface area contributed by atoms with E-state index in [1.165, 1.54) is 19.1 Å². The summed E-state index contributed by atoms with van der Waals surface area (Å²) in [7, 11) is 0. The zero-order chi connectivity index (χ0) is 15.9. The molecule has 7 nitrogen and oxygen atoms in total. The molecule has 0 bridgehead atoms. The zero-order valence-electron chi connectivity index (χ0n) is 11.6. The number of H-pyrrole nitrogens is 2. The van der Waals surface area contributed by atoms with E-state index in [9.17, 15) is 19.8 Å². The first-order chi connectivity index (χ1) is 10.5. The van der Waals surface area contributed by atoms with E-state index >= 15 is 0 Å². The maximum atomic E-state index is 12.3. The molecule has 2 aromatic carbocycles. The molecule has 0 aliphatic rings. The highest BCUT2D eigenvalue weighted by atomic mass is 16.3. The van der Waals surface area contributed by atoms with Gasteiger partial charge in [-0.15, -0.1) is 0 Å². The molecule has 0 unspecified atom stereocenters. The van der Waals surface area contributed by atoms with Crippen molar-refractivity contribution >= 4 is 22.6 Å². The molecule has 0 aliphatic carbocycles. The molecule has 112 valence electrons. The van der Waals surface area contributed by atoms with Gasteiger partial charge in [0.1, 0.15) is 0 Å². The Hall–Kier alpha value is -3.22. The number of aromatic amines is 2. The Labute approximate surface area is 124 Å². The number of phenols is 2. The van der Waals surface area contributed by atoms with Crippen molar-refractivity contribution in [1.29, 1.82) is 0 Å². The van der Waals surface area contributed by atoms with Crippen molar-refractivity contribution in [2.75, 3.05) is 5.32 Å². The summed E-state index contributed by atoms with van der Waals surface area (Å²) in [6, 6.07) is 7.63. The second-order valence-electron chi connectivity index (χ2n) is 4.90. The minimum Gasteiger partial charge on any atom is -0.504 e. The van der Waals surface area contributed by atoms with Crippen molar-refractivity contribution in [3.63, 3.8) is 0 Å². The predicted molar refractivity (Wildman–Crippen MR) is 81.4 cm³/mol. The molecule has 7 heteroatoms. The fourth-order valence-corrected chi connectivity index (χ4v) is 2.24. The molecular weight excluding hydrogens is 286 g/mol. The van der Waals surface area contributed by atoms with Crippen LogP contribution in [0.2, 0.25) is 0 Å². The number of aromatic nitrogens is 2. The lowest BCUT2D eigenvalue weighted by atomic mass is 10.1. The Balaban J connectivity index is 1.92. The number of anilines is 1. The molecule has 5 N–H and O–H groups in total. The summed E-state index contributed by atoms with van der Waals surface area (Å²) in [6.45, 7) is 1.54. The molecule has 0 spiro atoms. The summed E-state index contributed by atoms with van der Waals surface area (Å²) in [4.78, 5) is 28.7. The highest BCUT2D eigenvalue weighted by Gasteiger charge is 2.14. The second kappa shape index (κ2) is 4.96. The van der Waals surface area contributed by atoms with Crippen molar-refractivity contribution in [2.45, 2.75) is 6.92 Å². The number of nitrogens with one attached hydrogen (secondary N) is 3. The molecule has 22 heavy (non-hydrogen) atoms. The Kier molecular flexibility index (Phi) is 3.10. The number of phenolic OH excluding ortho intramolecular Hbond substituents is 2. The van der Waals surface area contributed by atoms with Crippen LogP contribution in [0.15, 0.2) is 35.1 Å². The van der Waals surface area contributed by atoms with Gasteiger partial charge in [-0.2, -0.15) is 0 Å². The number of hydrogen-bond acceptors (Lipinski definition) is 4. The van der Waals surface area contributed by atoms with Gasteiger partial charge in [0.25, 0.3) is 5.91 Å². The molecule has 0 fully saturated rings. The van der Waals surface area contributed by atoms with E-state index in [0.29, 0.717) is 16.7 Å². The molecule has 0 atom stereocenters. The topological polar surface area (TPSA) is 118 Å². The van der Waals surface area contributed by atoms with Crippen LogP contribution in [0.25, 0.3) is 11.0 Å². The van der Waals surface area contributed by atoms with Crippen LogP contribution in [0.4, 0.5) is 5.69 Å². The molecule has 3 aromatic rings. The van der Waals surface area contributed by atoms with E-state index in [1.54, 1.807) is 18.2 Å². The van der Waals surface area contributed by atoms with Crippen LogP contribution < -0.4 is 11.0 Å². The van der Waals surface area contributed by atoms with Crippen molar-refractivity contribution in [3.05, 3.63) is 51.9 Å². The minimum absolute atomic E-state index is 0.248. The molecule has 0 saturated carbocycles. The van der Waals surface area contributed by atoms with Gasteiger partial charge in [0.2, 0.25) is 0 Å². The summed E-state index contributed by atoms with van der Waals surface area (Å²) in [5.41, 5.74) is 1.93. The first-order valence-electron chi connectivity index (χ1n) is 6.50. The van der Waals surface area contributed by atoms with E-state index in [4.69, 9.17) is 0 Å². The quantitative estimate of drug-likeness (QED) is 0.464. The van der Waals surface area contributed by atoms with Crippen LogP contribution in [0, 0.1) is 6.92 Å². The largest absolute Gasteiger partial charge is 0.504 e. The molecule has 1 heterocycles. The number of carbonyl (C=O) groups excluding carboxylic acids is 1. The average molecular weight is 299 g/mol. The van der Waals surface area contributed by atoms with E-state index in [1.807, 2.05) is 0 Å². The van der Waals surface area contributed by atoms with E-state index < -0.39 is 5.91 Å². The third-order valence-electron chi connectivity index (χ3n) is 3.43. The lowest BCUT2D eigenvalue weighted by Crippen LogP contribution is -2.13. The number of carbonyl (C=O) groups is 1. The van der Waals surface area contributed by atoms with Gasteiger partial charge in [0.15, 0.2) is 11.5 Å². The van der Waals surface area contributed by atoms with Gasteiger partial charge in [-0.05, 0) is 37.3 Å². The van der Waals surface area contributed by atoms with Crippen LogP contribution >= 0.6 is 0 Å². The number of imidazole rings is 1. The molecular formula is C15H13N3O4. The lowest BCUT2D eigenvalue weighted by Gasteiger charge is -2.10. The maximum absolute atomic E-state index is 12.3. The highest BCUT2D eigenvalue weighted by molar-refractivity contribution is 6.06. The van der Waals surface area contributed by atoms with Crippen molar-refractivity contribution in [1.82, 2.24) is 9.97 Å². The number of hydrogen-bond donors (Lipinski definition) is 5. The number of amides is 1. The van der Waals surface area contributed by atoms with Gasteiger partial charge >= 0.3 is 5.69 Å².